The van der Waals surface area contributed by atoms with E-state index in [2.05, 4.69) is 10.0 Å². The number of carbonyl (C=O) groups is 3. The van der Waals surface area contributed by atoms with Gasteiger partial charge in [-0.3, -0.25) is 14.9 Å². The van der Waals surface area contributed by atoms with E-state index in [1.54, 1.807) is 38.3 Å². The third-order valence-corrected chi connectivity index (χ3v) is 6.11. The zero-order valence-corrected chi connectivity index (χ0v) is 18.5. The fraction of sp³-hybridized carbons (Fsp3) is 0.316. The molecule has 2 rings (SSSR count). The summed E-state index contributed by atoms with van der Waals surface area (Å²) in [6.07, 6.45) is 0. The smallest absolute Gasteiger partial charge is 0.338 e. The SMILES string of the molecule is COc1ccc(C(=O)OCC(=O)NC(=O)c2cccs2)cc1S(=O)(=O)NC(C)(C)C. The second-order valence-corrected chi connectivity index (χ2v) is 9.75. The van der Waals surface area contributed by atoms with E-state index in [9.17, 15) is 22.8 Å². The maximum atomic E-state index is 12.7. The van der Waals surface area contributed by atoms with Crippen molar-refractivity contribution in [3.05, 3.63) is 46.2 Å². The van der Waals surface area contributed by atoms with Gasteiger partial charge in [0.25, 0.3) is 11.8 Å². The minimum Gasteiger partial charge on any atom is -0.495 e. The first-order valence-electron chi connectivity index (χ1n) is 8.70. The highest BCUT2D eigenvalue weighted by Crippen LogP contribution is 2.26. The number of thiophene rings is 1. The molecule has 0 aliphatic heterocycles. The number of carbonyl (C=O) groups excluding carboxylic acids is 3. The van der Waals surface area contributed by atoms with E-state index < -0.39 is 40.0 Å². The number of imide groups is 1. The monoisotopic (exact) mass is 454 g/mol. The number of benzene rings is 1. The van der Waals surface area contributed by atoms with Gasteiger partial charge in [0.2, 0.25) is 10.0 Å². The molecule has 0 aliphatic rings. The van der Waals surface area contributed by atoms with Crippen LogP contribution in [0.15, 0.2) is 40.6 Å². The summed E-state index contributed by atoms with van der Waals surface area (Å²) in [5, 5.41) is 3.78. The average molecular weight is 455 g/mol. The number of hydrogen-bond acceptors (Lipinski definition) is 8. The van der Waals surface area contributed by atoms with Gasteiger partial charge < -0.3 is 9.47 Å². The van der Waals surface area contributed by atoms with Crippen molar-refractivity contribution >= 4 is 39.1 Å². The molecule has 0 aliphatic carbocycles. The van der Waals surface area contributed by atoms with Crippen molar-refractivity contribution in [2.75, 3.05) is 13.7 Å². The van der Waals surface area contributed by atoms with Gasteiger partial charge in [0.15, 0.2) is 6.61 Å². The van der Waals surface area contributed by atoms with Crippen LogP contribution in [-0.4, -0.2) is 45.5 Å². The van der Waals surface area contributed by atoms with E-state index in [1.807, 2.05) is 0 Å². The molecule has 30 heavy (non-hydrogen) atoms. The molecule has 162 valence electrons. The summed E-state index contributed by atoms with van der Waals surface area (Å²) in [6, 6.07) is 6.93. The zero-order valence-electron chi connectivity index (χ0n) is 16.8. The Morgan fingerprint density at radius 1 is 1.13 bits per heavy atom. The lowest BCUT2D eigenvalue weighted by Gasteiger charge is -2.21. The topological polar surface area (TPSA) is 128 Å². The minimum absolute atomic E-state index is 0.0441. The molecule has 1 aromatic heterocycles. The van der Waals surface area contributed by atoms with Crippen LogP contribution in [0.25, 0.3) is 0 Å². The number of amides is 2. The molecular formula is C19H22N2O7S2. The number of hydrogen-bond donors (Lipinski definition) is 2. The van der Waals surface area contributed by atoms with Gasteiger partial charge in [0, 0.05) is 5.54 Å². The number of esters is 1. The lowest BCUT2D eigenvalue weighted by molar-refractivity contribution is -0.123. The molecule has 9 nitrogen and oxygen atoms in total. The predicted molar refractivity (Wildman–Crippen MR) is 110 cm³/mol. The van der Waals surface area contributed by atoms with Gasteiger partial charge >= 0.3 is 5.97 Å². The van der Waals surface area contributed by atoms with Gasteiger partial charge in [-0.25, -0.2) is 17.9 Å². The first kappa shape index (κ1) is 23.5. The molecule has 0 fully saturated rings. The highest BCUT2D eigenvalue weighted by Gasteiger charge is 2.27. The Hall–Kier alpha value is -2.76. The van der Waals surface area contributed by atoms with Gasteiger partial charge in [-0.15, -0.1) is 11.3 Å². The zero-order chi connectivity index (χ0) is 22.5. The molecule has 1 aromatic carbocycles. The van der Waals surface area contributed by atoms with Crippen molar-refractivity contribution in [3.63, 3.8) is 0 Å². The fourth-order valence-corrected chi connectivity index (χ4v) is 4.55. The van der Waals surface area contributed by atoms with Crippen LogP contribution in [0.2, 0.25) is 0 Å². The first-order valence-corrected chi connectivity index (χ1v) is 11.1. The van der Waals surface area contributed by atoms with E-state index >= 15 is 0 Å². The van der Waals surface area contributed by atoms with Crippen LogP contribution in [0.3, 0.4) is 0 Å². The summed E-state index contributed by atoms with van der Waals surface area (Å²) in [5.74, 6) is -2.29. The standard InChI is InChI=1S/C19H22N2O7S2/c1-19(2,3)21-30(25,26)15-10-12(7-8-13(15)27-4)18(24)28-11-16(22)20-17(23)14-6-5-9-29-14/h5-10,21H,11H2,1-4H3,(H,20,22,23). The largest absolute Gasteiger partial charge is 0.495 e. The maximum absolute atomic E-state index is 12.7. The van der Waals surface area contributed by atoms with Crippen molar-refractivity contribution < 1.29 is 32.3 Å². The molecule has 0 saturated heterocycles. The van der Waals surface area contributed by atoms with Gasteiger partial charge in [-0.1, -0.05) is 6.07 Å². The molecule has 0 bridgehead atoms. The fourth-order valence-electron chi connectivity index (χ4n) is 2.32. The Bertz CT molecular complexity index is 1040. The van der Waals surface area contributed by atoms with E-state index in [0.29, 0.717) is 4.88 Å². The van der Waals surface area contributed by atoms with Gasteiger partial charge in [-0.2, -0.15) is 0 Å². The van der Waals surface area contributed by atoms with Crippen LogP contribution in [0.4, 0.5) is 0 Å². The number of rotatable bonds is 7. The summed E-state index contributed by atoms with van der Waals surface area (Å²) < 4.78 is 37.8. The normalized spacial score (nSPS) is 11.6. The second kappa shape index (κ2) is 9.37. The van der Waals surface area contributed by atoms with E-state index in [1.165, 1.54) is 19.2 Å². The number of methoxy groups -OCH3 is 1. The van der Waals surface area contributed by atoms with Gasteiger partial charge in [0.1, 0.15) is 10.6 Å². The maximum Gasteiger partial charge on any atom is 0.338 e. The Balaban J connectivity index is 2.10. The molecule has 0 radical (unpaired) electrons. The molecule has 0 atom stereocenters. The second-order valence-electron chi connectivity index (χ2n) is 7.15. The lowest BCUT2D eigenvalue weighted by atomic mass is 10.1. The first-order chi connectivity index (χ1) is 13.9. The number of sulfonamides is 1. The Labute approximate surface area is 178 Å². The predicted octanol–water partition coefficient (Wildman–Crippen LogP) is 1.95. The van der Waals surface area contributed by atoms with Crippen molar-refractivity contribution in [1.29, 1.82) is 0 Å². The number of ether oxygens (including phenoxy) is 2. The Kier molecular flexibility index (Phi) is 7.34. The third-order valence-electron chi connectivity index (χ3n) is 3.46. The van der Waals surface area contributed by atoms with Crippen LogP contribution in [0, 0.1) is 0 Å². The highest BCUT2D eigenvalue weighted by atomic mass is 32.2. The molecule has 0 spiro atoms. The minimum atomic E-state index is -3.99. The molecule has 0 saturated carbocycles. The molecule has 2 aromatic rings. The van der Waals surface area contributed by atoms with Crippen LogP contribution in [-0.2, 0) is 19.6 Å². The summed E-state index contributed by atoms with van der Waals surface area (Å²) in [4.78, 5) is 36.0. The van der Waals surface area contributed by atoms with Crippen LogP contribution >= 0.6 is 11.3 Å². The van der Waals surface area contributed by atoms with Crippen molar-refractivity contribution in [2.45, 2.75) is 31.2 Å². The lowest BCUT2D eigenvalue weighted by Crippen LogP contribution is -2.40. The van der Waals surface area contributed by atoms with Gasteiger partial charge in [-0.05, 0) is 50.4 Å². The molecule has 0 unspecified atom stereocenters. The quantitative estimate of drug-likeness (QED) is 0.612. The molecule has 1 heterocycles. The average Bonchev–Trinajstić information content (AvgIpc) is 3.18. The summed E-state index contributed by atoms with van der Waals surface area (Å²) in [6.45, 7) is 4.31. The molecule has 2 amide bonds. The summed E-state index contributed by atoms with van der Waals surface area (Å²) in [7, 11) is -2.69. The van der Waals surface area contributed by atoms with Crippen LogP contribution in [0.5, 0.6) is 5.75 Å². The van der Waals surface area contributed by atoms with Gasteiger partial charge in [0.05, 0.1) is 17.6 Å². The van der Waals surface area contributed by atoms with E-state index in [4.69, 9.17) is 9.47 Å². The Morgan fingerprint density at radius 2 is 1.83 bits per heavy atom. The Morgan fingerprint density at radius 3 is 2.40 bits per heavy atom. The van der Waals surface area contributed by atoms with Crippen molar-refractivity contribution in [1.82, 2.24) is 10.0 Å². The summed E-state index contributed by atoms with van der Waals surface area (Å²) in [5.41, 5.74) is -0.851. The van der Waals surface area contributed by atoms with Crippen LogP contribution in [0.1, 0.15) is 40.8 Å². The van der Waals surface area contributed by atoms with E-state index in [-0.39, 0.29) is 16.2 Å². The molecule has 11 heteroatoms. The molecule has 2 N–H and O–H groups in total. The third kappa shape index (κ3) is 6.37. The number of nitrogens with one attached hydrogen (secondary N) is 2. The molecular weight excluding hydrogens is 432 g/mol. The van der Waals surface area contributed by atoms with Crippen LogP contribution < -0.4 is 14.8 Å². The van der Waals surface area contributed by atoms with Crippen molar-refractivity contribution in [2.24, 2.45) is 0 Å². The summed E-state index contributed by atoms with van der Waals surface area (Å²) >= 11 is 1.16. The van der Waals surface area contributed by atoms with Crippen molar-refractivity contribution in [3.8, 4) is 5.75 Å². The van der Waals surface area contributed by atoms with E-state index in [0.717, 1.165) is 17.4 Å². The highest BCUT2D eigenvalue weighted by molar-refractivity contribution is 7.89.